The number of nitrogens with zero attached hydrogens (tertiary/aromatic N) is 2. The van der Waals surface area contributed by atoms with E-state index in [1.165, 1.54) is 0 Å². The number of nitrogens with one attached hydrogen (secondary N) is 1. The minimum Gasteiger partial charge on any atom is -0.384 e. The molecule has 0 spiro atoms. The molecule has 18 heavy (non-hydrogen) atoms. The van der Waals surface area contributed by atoms with Gasteiger partial charge in [0, 0.05) is 27.1 Å². The van der Waals surface area contributed by atoms with Crippen LogP contribution in [0.4, 0.5) is 5.69 Å². The van der Waals surface area contributed by atoms with Gasteiger partial charge < -0.3 is 10.2 Å². The lowest BCUT2D eigenvalue weighted by Crippen LogP contribution is -2.22. The van der Waals surface area contributed by atoms with Crippen LogP contribution in [0.5, 0.6) is 0 Å². The van der Waals surface area contributed by atoms with E-state index in [0.29, 0.717) is 23.6 Å². The Kier molecular flexibility index (Phi) is 5.47. The molecule has 4 nitrogen and oxygen atoms in total. The zero-order valence-electron chi connectivity index (χ0n) is 10.5. The monoisotopic (exact) mass is 265 g/mol. The molecule has 0 fully saturated rings. The van der Waals surface area contributed by atoms with Crippen LogP contribution < -0.4 is 5.32 Å². The second-order valence-electron chi connectivity index (χ2n) is 4.12. The topological polar surface area (TPSA) is 56.1 Å². The lowest BCUT2D eigenvalue weighted by Gasteiger charge is -2.11. The zero-order chi connectivity index (χ0) is 13.5. The molecule has 0 heterocycles. The van der Waals surface area contributed by atoms with Gasteiger partial charge in [-0.25, -0.2) is 0 Å². The number of halogens is 1. The highest BCUT2D eigenvalue weighted by Crippen LogP contribution is 2.22. The number of carbonyl (C=O) groups excluding carboxylic acids is 1. The van der Waals surface area contributed by atoms with Gasteiger partial charge >= 0.3 is 0 Å². The molecule has 5 heteroatoms. The summed E-state index contributed by atoms with van der Waals surface area (Å²) in [7, 11) is 3.48. The highest BCUT2D eigenvalue weighted by Gasteiger charge is 2.04. The largest absolute Gasteiger partial charge is 0.384 e. The fraction of sp³-hybridized carbons (Fsp3) is 0.385. The van der Waals surface area contributed by atoms with Gasteiger partial charge in [0.15, 0.2) is 0 Å². The van der Waals surface area contributed by atoms with Crippen molar-refractivity contribution in [3.8, 4) is 6.07 Å². The fourth-order valence-electron chi connectivity index (χ4n) is 1.42. The summed E-state index contributed by atoms with van der Waals surface area (Å²) in [5.41, 5.74) is 1.29. The number of hydrogen-bond acceptors (Lipinski definition) is 3. The average Bonchev–Trinajstić information content (AvgIpc) is 2.36. The number of hydrogen-bond donors (Lipinski definition) is 1. The van der Waals surface area contributed by atoms with E-state index in [9.17, 15) is 4.79 Å². The molecule has 0 aliphatic heterocycles. The Bertz CT molecular complexity index is 466. The van der Waals surface area contributed by atoms with Crippen molar-refractivity contribution in [2.75, 3.05) is 26.0 Å². The molecular formula is C13H16ClN3O. The molecule has 0 atom stereocenters. The Labute approximate surface area is 112 Å². The molecule has 1 amide bonds. The number of amides is 1. The van der Waals surface area contributed by atoms with Crippen LogP contribution in [0.2, 0.25) is 5.02 Å². The summed E-state index contributed by atoms with van der Waals surface area (Å²) in [6, 6.07) is 7.12. The van der Waals surface area contributed by atoms with E-state index in [4.69, 9.17) is 16.9 Å². The Morgan fingerprint density at radius 3 is 2.83 bits per heavy atom. The lowest BCUT2D eigenvalue weighted by atomic mass is 10.2. The van der Waals surface area contributed by atoms with Crippen LogP contribution >= 0.6 is 11.6 Å². The molecule has 0 saturated heterocycles. The van der Waals surface area contributed by atoms with Gasteiger partial charge in [-0.1, -0.05) is 11.6 Å². The summed E-state index contributed by atoms with van der Waals surface area (Å²) in [6.45, 7) is 0.647. The van der Waals surface area contributed by atoms with E-state index < -0.39 is 0 Å². The third-order valence-electron chi connectivity index (χ3n) is 2.48. The van der Waals surface area contributed by atoms with Crippen molar-refractivity contribution in [2.45, 2.75) is 12.8 Å². The number of carbonyl (C=O) groups is 1. The molecule has 0 saturated carbocycles. The lowest BCUT2D eigenvalue weighted by molar-refractivity contribution is -0.128. The normalized spacial score (nSPS) is 9.67. The van der Waals surface area contributed by atoms with Gasteiger partial charge in [0.2, 0.25) is 5.91 Å². The van der Waals surface area contributed by atoms with Gasteiger partial charge in [0.25, 0.3) is 0 Å². The quantitative estimate of drug-likeness (QED) is 0.832. The van der Waals surface area contributed by atoms with Crippen molar-refractivity contribution in [2.24, 2.45) is 0 Å². The maximum absolute atomic E-state index is 11.4. The maximum atomic E-state index is 11.4. The van der Waals surface area contributed by atoms with Crippen molar-refractivity contribution in [1.82, 2.24) is 4.90 Å². The summed E-state index contributed by atoms with van der Waals surface area (Å²) in [6.07, 6.45) is 1.22. The highest BCUT2D eigenvalue weighted by atomic mass is 35.5. The van der Waals surface area contributed by atoms with E-state index in [0.717, 1.165) is 12.1 Å². The average molecular weight is 266 g/mol. The highest BCUT2D eigenvalue weighted by molar-refractivity contribution is 6.33. The molecular weight excluding hydrogens is 250 g/mol. The van der Waals surface area contributed by atoms with Gasteiger partial charge in [-0.3, -0.25) is 4.79 Å². The molecule has 1 aromatic carbocycles. The Hall–Kier alpha value is -1.73. The van der Waals surface area contributed by atoms with E-state index in [-0.39, 0.29) is 5.91 Å². The molecule has 1 rings (SSSR count). The van der Waals surface area contributed by atoms with Crippen molar-refractivity contribution in [1.29, 1.82) is 5.26 Å². The predicted octanol–water partition coefficient (Wildman–Crippen LogP) is 2.49. The minimum absolute atomic E-state index is 0.105. The first-order valence-corrected chi connectivity index (χ1v) is 6.06. The van der Waals surface area contributed by atoms with Gasteiger partial charge in [0.05, 0.1) is 22.3 Å². The van der Waals surface area contributed by atoms with Crippen molar-refractivity contribution < 1.29 is 4.79 Å². The third-order valence-corrected chi connectivity index (χ3v) is 2.81. The summed E-state index contributed by atoms with van der Waals surface area (Å²) in [5.74, 6) is 0.105. The smallest absolute Gasteiger partial charge is 0.222 e. The van der Waals surface area contributed by atoms with Crippen LogP contribution in [0.25, 0.3) is 0 Å². The van der Waals surface area contributed by atoms with Crippen LogP contribution in [0.3, 0.4) is 0 Å². The van der Waals surface area contributed by atoms with Gasteiger partial charge in [0.1, 0.15) is 0 Å². The Balaban J connectivity index is 2.45. The SMILES string of the molecule is CN(C)C(=O)CCCNc1cc(C#N)ccc1Cl. The maximum Gasteiger partial charge on any atom is 0.222 e. The van der Waals surface area contributed by atoms with Crippen molar-refractivity contribution in [3.63, 3.8) is 0 Å². The van der Waals surface area contributed by atoms with Crippen molar-refractivity contribution in [3.05, 3.63) is 28.8 Å². The first kappa shape index (κ1) is 14.3. The molecule has 0 radical (unpaired) electrons. The summed E-state index contributed by atoms with van der Waals surface area (Å²) in [4.78, 5) is 12.9. The van der Waals surface area contributed by atoms with Crippen LogP contribution in [0, 0.1) is 11.3 Å². The number of nitriles is 1. The minimum atomic E-state index is 0.105. The molecule has 1 aromatic rings. The standard InChI is InChI=1S/C13H16ClN3O/c1-17(2)13(18)4-3-7-16-12-8-10(9-15)5-6-11(12)14/h5-6,8,16H,3-4,7H2,1-2H3. The molecule has 1 N–H and O–H groups in total. The Morgan fingerprint density at radius 2 is 2.22 bits per heavy atom. The molecule has 0 unspecified atom stereocenters. The molecule has 0 aliphatic rings. The molecule has 0 bridgehead atoms. The van der Waals surface area contributed by atoms with Crippen molar-refractivity contribution >= 4 is 23.2 Å². The number of rotatable bonds is 5. The van der Waals surface area contributed by atoms with Gasteiger partial charge in [-0.2, -0.15) is 5.26 Å². The second-order valence-corrected chi connectivity index (χ2v) is 4.53. The molecule has 96 valence electrons. The Morgan fingerprint density at radius 1 is 1.50 bits per heavy atom. The predicted molar refractivity (Wildman–Crippen MR) is 72.6 cm³/mol. The number of anilines is 1. The zero-order valence-corrected chi connectivity index (χ0v) is 11.3. The van der Waals surface area contributed by atoms with E-state index in [1.54, 1.807) is 37.2 Å². The van der Waals surface area contributed by atoms with Crippen LogP contribution in [0.1, 0.15) is 18.4 Å². The van der Waals surface area contributed by atoms with Crippen LogP contribution in [0.15, 0.2) is 18.2 Å². The van der Waals surface area contributed by atoms with Gasteiger partial charge in [-0.15, -0.1) is 0 Å². The fourth-order valence-corrected chi connectivity index (χ4v) is 1.60. The van der Waals surface area contributed by atoms with E-state index in [2.05, 4.69) is 11.4 Å². The summed E-state index contributed by atoms with van der Waals surface area (Å²) >= 11 is 6.00. The summed E-state index contributed by atoms with van der Waals surface area (Å²) < 4.78 is 0. The van der Waals surface area contributed by atoms with E-state index >= 15 is 0 Å². The van der Waals surface area contributed by atoms with Gasteiger partial charge in [-0.05, 0) is 24.6 Å². The van der Waals surface area contributed by atoms with Crippen LogP contribution in [-0.4, -0.2) is 31.4 Å². The molecule has 0 aliphatic carbocycles. The molecule has 0 aromatic heterocycles. The second kappa shape index (κ2) is 6.87. The first-order valence-electron chi connectivity index (χ1n) is 5.68. The van der Waals surface area contributed by atoms with E-state index in [1.807, 2.05) is 0 Å². The summed E-state index contributed by atoms with van der Waals surface area (Å²) in [5, 5.41) is 12.5. The first-order chi connectivity index (χ1) is 8.54. The third kappa shape index (κ3) is 4.27. The van der Waals surface area contributed by atoms with Crippen LogP contribution in [-0.2, 0) is 4.79 Å². The number of benzene rings is 1.